The van der Waals surface area contributed by atoms with Gasteiger partial charge in [0.05, 0.1) is 11.1 Å². The number of benzene rings is 2. The fourth-order valence-electron chi connectivity index (χ4n) is 3.74. The molecule has 146 valence electrons. The molecule has 6 heteroatoms. The number of rotatable bonds is 5. The molecule has 1 aliphatic rings. The topological polar surface area (TPSA) is 54.1 Å². The Morgan fingerprint density at radius 2 is 1.82 bits per heavy atom. The van der Waals surface area contributed by atoms with E-state index in [0.717, 1.165) is 48.2 Å². The molecule has 2 aromatic carbocycles. The number of hydrogen-bond donors (Lipinski definition) is 2. The van der Waals surface area contributed by atoms with E-state index in [1.807, 2.05) is 30.3 Å². The van der Waals surface area contributed by atoms with Gasteiger partial charge in [-0.2, -0.15) is 0 Å². The number of nitrogens with one attached hydrogen (secondary N) is 2. The summed E-state index contributed by atoms with van der Waals surface area (Å²) in [5, 5.41) is 6.29. The van der Waals surface area contributed by atoms with E-state index in [-0.39, 0.29) is 11.7 Å². The van der Waals surface area contributed by atoms with E-state index in [2.05, 4.69) is 16.4 Å². The maximum Gasteiger partial charge on any atom is 0.255 e. The average molecular weight is 417 g/mol. The Bertz CT molecular complexity index is 1030. The number of halogens is 2. The van der Waals surface area contributed by atoms with Crippen molar-refractivity contribution < 1.29 is 4.74 Å². The van der Waals surface area contributed by atoms with Crippen molar-refractivity contribution in [2.45, 2.75) is 44.4 Å². The first-order valence-corrected chi connectivity index (χ1v) is 10.3. The SMILES string of the molecule is O=c1[nH]ccc2cc(O[C@H]3CC[C@@H](NCc4ccccc4Cl)CC3)c(Cl)cc12. The van der Waals surface area contributed by atoms with E-state index in [1.54, 1.807) is 12.3 Å². The van der Waals surface area contributed by atoms with Crippen LogP contribution in [-0.4, -0.2) is 17.1 Å². The second kappa shape index (κ2) is 8.56. The van der Waals surface area contributed by atoms with E-state index in [9.17, 15) is 4.79 Å². The Balaban J connectivity index is 1.34. The van der Waals surface area contributed by atoms with Crippen molar-refractivity contribution >= 4 is 34.0 Å². The van der Waals surface area contributed by atoms with Crippen LogP contribution in [-0.2, 0) is 6.54 Å². The van der Waals surface area contributed by atoms with Crippen molar-refractivity contribution in [3.63, 3.8) is 0 Å². The normalized spacial score (nSPS) is 19.6. The van der Waals surface area contributed by atoms with E-state index in [4.69, 9.17) is 27.9 Å². The molecule has 1 heterocycles. The van der Waals surface area contributed by atoms with Crippen LogP contribution in [0.5, 0.6) is 5.75 Å². The van der Waals surface area contributed by atoms with Gasteiger partial charge in [-0.3, -0.25) is 4.79 Å². The molecule has 28 heavy (non-hydrogen) atoms. The number of fused-ring (bicyclic) bond motifs is 1. The Hall–Kier alpha value is -2.01. The zero-order valence-electron chi connectivity index (χ0n) is 15.4. The van der Waals surface area contributed by atoms with Gasteiger partial charge in [0, 0.05) is 29.2 Å². The molecular weight excluding hydrogens is 395 g/mol. The van der Waals surface area contributed by atoms with E-state index < -0.39 is 0 Å². The molecule has 4 nitrogen and oxygen atoms in total. The first-order valence-electron chi connectivity index (χ1n) is 9.54. The van der Waals surface area contributed by atoms with Crippen molar-refractivity contribution in [2.24, 2.45) is 0 Å². The third kappa shape index (κ3) is 4.35. The molecule has 2 N–H and O–H groups in total. The summed E-state index contributed by atoms with van der Waals surface area (Å²) in [4.78, 5) is 14.5. The molecular formula is C22H22Cl2N2O2. The van der Waals surface area contributed by atoms with Crippen LogP contribution in [0, 0.1) is 0 Å². The van der Waals surface area contributed by atoms with E-state index >= 15 is 0 Å². The number of H-pyrrole nitrogens is 1. The third-order valence-corrected chi connectivity index (χ3v) is 6.00. The van der Waals surface area contributed by atoms with Crippen molar-refractivity contribution in [3.05, 3.63) is 74.6 Å². The second-order valence-corrected chi connectivity index (χ2v) is 8.05. The highest BCUT2D eigenvalue weighted by molar-refractivity contribution is 6.33. The number of pyridine rings is 1. The molecule has 0 atom stereocenters. The van der Waals surface area contributed by atoms with Gasteiger partial charge >= 0.3 is 0 Å². The highest BCUT2D eigenvalue weighted by atomic mass is 35.5. The van der Waals surface area contributed by atoms with Crippen LogP contribution in [0.2, 0.25) is 10.0 Å². The lowest BCUT2D eigenvalue weighted by Crippen LogP contribution is -2.36. The van der Waals surface area contributed by atoms with Crippen molar-refractivity contribution in [1.82, 2.24) is 10.3 Å². The smallest absolute Gasteiger partial charge is 0.255 e. The van der Waals surface area contributed by atoms with Crippen molar-refractivity contribution in [1.29, 1.82) is 0 Å². The summed E-state index contributed by atoms with van der Waals surface area (Å²) in [5.74, 6) is 0.646. The average Bonchev–Trinajstić information content (AvgIpc) is 2.70. The third-order valence-electron chi connectivity index (χ3n) is 5.33. The first kappa shape index (κ1) is 19.3. The van der Waals surface area contributed by atoms with Crippen LogP contribution in [0.15, 0.2) is 53.5 Å². The summed E-state index contributed by atoms with van der Waals surface area (Å²) in [7, 11) is 0. The van der Waals surface area contributed by atoms with Crippen LogP contribution in [0.1, 0.15) is 31.2 Å². The monoisotopic (exact) mass is 416 g/mol. The molecule has 0 saturated heterocycles. The molecule has 1 saturated carbocycles. The highest BCUT2D eigenvalue weighted by Crippen LogP contribution is 2.32. The minimum Gasteiger partial charge on any atom is -0.489 e. The Kier molecular flexibility index (Phi) is 5.90. The van der Waals surface area contributed by atoms with Crippen LogP contribution < -0.4 is 15.6 Å². The molecule has 0 radical (unpaired) electrons. The summed E-state index contributed by atoms with van der Waals surface area (Å²) in [6.07, 6.45) is 5.78. The first-order chi connectivity index (χ1) is 13.6. The van der Waals surface area contributed by atoms with Crippen LogP contribution in [0.3, 0.4) is 0 Å². The lowest BCUT2D eigenvalue weighted by atomic mass is 9.92. The minimum atomic E-state index is -0.143. The summed E-state index contributed by atoms with van der Waals surface area (Å²) >= 11 is 12.6. The van der Waals surface area contributed by atoms with Crippen molar-refractivity contribution in [3.8, 4) is 5.75 Å². The molecule has 0 amide bonds. The Labute approximate surface area is 173 Å². The molecule has 3 aromatic rings. The molecule has 0 bridgehead atoms. The lowest BCUT2D eigenvalue weighted by Gasteiger charge is -2.30. The summed E-state index contributed by atoms with van der Waals surface area (Å²) in [6.45, 7) is 0.779. The largest absolute Gasteiger partial charge is 0.489 e. The molecule has 0 spiro atoms. The zero-order valence-corrected chi connectivity index (χ0v) is 16.9. The quantitative estimate of drug-likeness (QED) is 0.591. The van der Waals surface area contributed by atoms with Crippen LogP contribution >= 0.6 is 23.2 Å². The number of hydrogen-bond acceptors (Lipinski definition) is 3. The molecule has 0 unspecified atom stereocenters. The predicted octanol–water partition coefficient (Wildman–Crippen LogP) is 5.31. The lowest BCUT2D eigenvalue weighted by molar-refractivity contribution is 0.139. The van der Waals surface area contributed by atoms with Gasteiger partial charge in [-0.1, -0.05) is 41.4 Å². The summed E-state index contributed by atoms with van der Waals surface area (Å²) in [6, 6.07) is 13.8. The van der Waals surface area contributed by atoms with Crippen LogP contribution in [0.4, 0.5) is 0 Å². The van der Waals surface area contributed by atoms with Crippen molar-refractivity contribution in [2.75, 3.05) is 0 Å². The van der Waals surface area contributed by atoms with Gasteiger partial charge in [-0.15, -0.1) is 0 Å². The standard InChI is InChI=1S/C22H22Cl2N2O2/c23-19-4-2-1-3-15(19)13-26-16-5-7-17(8-6-16)28-21-11-14-9-10-25-22(27)18(14)12-20(21)24/h1-4,9-12,16-17,26H,5-8,13H2,(H,25,27)/t16-,17+. The van der Waals surface area contributed by atoms with Gasteiger partial charge in [-0.25, -0.2) is 0 Å². The van der Waals surface area contributed by atoms with Gasteiger partial charge in [0.2, 0.25) is 0 Å². The predicted molar refractivity (Wildman–Crippen MR) is 115 cm³/mol. The Morgan fingerprint density at radius 3 is 2.61 bits per heavy atom. The maximum atomic E-state index is 11.9. The van der Waals surface area contributed by atoms with E-state index in [1.165, 1.54) is 0 Å². The Morgan fingerprint density at radius 1 is 1.04 bits per heavy atom. The summed E-state index contributed by atoms with van der Waals surface area (Å²) < 4.78 is 6.17. The molecule has 1 aromatic heterocycles. The van der Waals surface area contributed by atoms with Gasteiger partial charge in [0.1, 0.15) is 5.75 Å². The van der Waals surface area contributed by atoms with Crippen LogP contribution in [0.25, 0.3) is 10.8 Å². The maximum absolute atomic E-state index is 11.9. The summed E-state index contributed by atoms with van der Waals surface area (Å²) in [5.41, 5.74) is 0.983. The van der Waals surface area contributed by atoms with E-state index in [0.29, 0.717) is 22.2 Å². The number of ether oxygens (including phenoxy) is 1. The fourth-order valence-corrected chi connectivity index (χ4v) is 4.15. The van der Waals surface area contributed by atoms with Gasteiger partial charge in [-0.05, 0) is 60.9 Å². The number of aromatic nitrogens is 1. The molecule has 0 aliphatic heterocycles. The van der Waals surface area contributed by atoms with Gasteiger partial charge in [0.25, 0.3) is 5.56 Å². The molecule has 4 rings (SSSR count). The number of aromatic amines is 1. The van der Waals surface area contributed by atoms with Gasteiger partial charge < -0.3 is 15.0 Å². The molecule has 1 aliphatic carbocycles. The molecule has 1 fully saturated rings. The second-order valence-electron chi connectivity index (χ2n) is 7.24. The minimum absolute atomic E-state index is 0.135. The fraction of sp³-hybridized carbons (Fsp3) is 0.318. The zero-order chi connectivity index (χ0) is 19.5. The highest BCUT2D eigenvalue weighted by Gasteiger charge is 2.23. The van der Waals surface area contributed by atoms with Gasteiger partial charge in [0.15, 0.2) is 0 Å².